The number of aromatic hydroxyl groups is 1. The van der Waals surface area contributed by atoms with Crippen molar-refractivity contribution >= 4 is 11.9 Å². The second-order valence-electron chi connectivity index (χ2n) is 8.54. The fourth-order valence-electron chi connectivity index (χ4n) is 2.79. The van der Waals surface area contributed by atoms with Crippen LogP contribution < -0.4 is 4.74 Å². The predicted octanol–water partition coefficient (Wildman–Crippen LogP) is 6.38. The summed E-state index contributed by atoms with van der Waals surface area (Å²) in [5, 5.41) is 18.4. The molecule has 0 saturated heterocycles. The summed E-state index contributed by atoms with van der Waals surface area (Å²) in [6, 6.07) is 10.1. The fraction of sp³-hybridized carbons (Fsp3) is 0.440. The first-order chi connectivity index (χ1) is 15.7. The molecule has 0 saturated carbocycles. The zero-order chi connectivity index (χ0) is 26.1. The fourth-order valence-corrected chi connectivity index (χ4v) is 2.79. The van der Waals surface area contributed by atoms with Gasteiger partial charge < -0.3 is 19.7 Å². The van der Waals surface area contributed by atoms with E-state index in [1.807, 2.05) is 6.92 Å². The lowest BCUT2D eigenvalue weighted by Crippen LogP contribution is -2.35. The van der Waals surface area contributed by atoms with Crippen molar-refractivity contribution in [3.63, 3.8) is 0 Å². The van der Waals surface area contributed by atoms with Gasteiger partial charge in [-0.2, -0.15) is 13.2 Å². The highest BCUT2D eigenvalue weighted by molar-refractivity contribution is 5.87. The number of esters is 1. The first-order valence-corrected chi connectivity index (χ1v) is 10.7. The molecule has 0 fully saturated rings. The van der Waals surface area contributed by atoms with Gasteiger partial charge in [-0.15, -0.1) is 0 Å². The van der Waals surface area contributed by atoms with Crippen LogP contribution in [0.3, 0.4) is 0 Å². The molecule has 0 heterocycles. The number of hydrogen-bond donors (Lipinski definition) is 2. The van der Waals surface area contributed by atoms with Gasteiger partial charge in [0.2, 0.25) is 0 Å². The Morgan fingerprint density at radius 2 is 1.62 bits per heavy atom. The Hall–Kier alpha value is -3.23. The molecule has 0 aliphatic carbocycles. The summed E-state index contributed by atoms with van der Waals surface area (Å²) in [6.07, 6.45) is -3.76. The molecule has 188 valence electrons. The van der Waals surface area contributed by atoms with Crippen LogP contribution in [0.1, 0.15) is 68.4 Å². The highest BCUT2D eigenvalue weighted by atomic mass is 19.4. The molecule has 0 spiro atoms. The largest absolute Gasteiger partial charge is 0.504 e. The maximum atomic E-state index is 12.9. The normalized spacial score (nSPS) is 12.2. The van der Waals surface area contributed by atoms with Gasteiger partial charge in [0.25, 0.3) is 0 Å². The molecule has 2 rings (SSSR count). The number of phenolic OH excluding ortho intramolecular Hbond substituents is 1. The van der Waals surface area contributed by atoms with Crippen molar-refractivity contribution < 1.29 is 42.4 Å². The van der Waals surface area contributed by atoms with Gasteiger partial charge in [0.1, 0.15) is 5.60 Å². The third-order valence-electron chi connectivity index (χ3n) is 4.48. The van der Waals surface area contributed by atoms with Gasteiger partial charge in [0.05, 0.1) is 11.1 Å². The number of carbonyl (C=O) groups excluding carboxylic acids is 1. The summed E-state index contributed by atoms with van der Waals surface area (Å²) >= 11 is 0. The summed E-state index contributed by atoms with van der Waals surface area (Å²) in [5.74, 6) is -2.29. The number of rotatable bonds is 7. The first kappa shape index (κ1) is 28.8. The Morgan fingerprint density at radius 1 is 1.03 bits per heavy atom. The van der Waals surface area contributed by atoms with E-state index in [4.69, 9.17) is 14.6 Å². The number of alkyl halides is 3. The molecular formula is C25H31F3O6. The van der Waals surface area contributed by atoms with E-state index in [-0.39, 0.29) is 11.3 Å². The molecule has 0 aromatic heterocycles. The third-order valence-corrected chi connectivity index (χ3v) is 4.48. The molecule has 34 heavy (non-hydrogen) atoms. The summed E-state index contributed by atoms with van der Waals surface area (Å²) in [7, 11) is 0. The van der Waals surface area contributed by atoms with Crippen molar-refractivity contribution in [1.29, 1.82) is 0 Å². The van der Waals surface area contributed by atoms with E-state index in [1.165, 1.54) is 0 Å². The van der Waals surface area contributed by atoms with E-state index in [9.17, 15) is 27.9 Å². The SMILES string of the molecule is CCCCC(Oc1ccc(C(F)(F)F)c(C)c1O)C(=O)OC(C)(C)C.O=C(O)c1ccccc1. The van der Waals surface area contributed by atoms with Gasteiger partial charge in [-0.1, -0.05) is 31.5 Å². The number of benzene rings is 2. The van der Waals surface area contributed by atoms with Gasteiger partial charge in [0, 0.05) is 5.56 Å². The average molecular weight is 485 g/mol. The van der Waals surface area contributed by atoms with Crippen LogP contribution in [0.15, 0.2) is 42.5 Å². The number of halogens is 3. The molecule has 9 heteroatoms. The molecule has 2 aromatic rings. The van der Waals surface area contributed by atoms with Crippen molar-refractivity contribution in [3.8, 4) is 11.5 Å². The van der Waals surface area contributed by atoms with Crippen LogP contribution in [0.4, 0.5) is 13.2 Å². The molecule has 0 aliphatic rings. The first-order valence-electron chi connectivity index (χ1n) is 10.7. The monoisotopic (exact) mass is 484 g/mol. The molecule has 0 radical (unpaired) electrons. The molecule has 0 bridgehead atoms. The van der Waals surface area contributed by atoms with Gasteiger partial charge in [-0.3, -0.25) is 0 Å². The van der Waals surface area contributed by atoms with Crippen LogP contribution in [0.25, 0.3) is 0 Å². The number of carbonyl (C=O) groups is 2. The Kier molecular flexibility index (Phi) is 10.4. The number of aromatic carboxylic acids is 1. The molecule has 2 N–H and O–H groups in total. The van der Waals surface area contributed by atoms with E-state index in [1.54, 1.807) is 51.1 Å². The van der Waals surface area contributed by atoms with Crippen molar-refractivity contribution in [1.82, 2.24) is 0 Å². The lowest BCUT2D eigenvalue weighted by atomic mass is 10.1. The highest BCUT2D eigenvalue weighted by Gasteiger charge is 2.35. The van der Waals surface area contributed by atoms with Crippen molar-refractivity contribution in [2.75, 3.05) is 0 Å². The van der Waals surface area contributed by atoms with Crippen molar-refractivity contribution in [2.24, 2.45) is 0 Å². The minimum absolute atomic E-state index is 0.169. The topological polar surface area (TPSA) is 93.1 Å². The van der Waals surface area contributed by atoms with Crippen LogP contribution in [-0.2, 0) is 15.7 Å². The van der Waals surface area contributed by atoms with Crippen molar-refractivity contribution in [3.05, 3.63) is 59.2 Å². The standard InChI is InChI=1S/C18H25F3O4.C7H6O2/c1-6-7-8-14(16(23)25-17(3,4)5)24-13-10-9-12(18(19,20)21)11(2)15(13)22;8-7(9)6-4-2-1-3-5-6/h9-10,14,22H,6-8H2,1-5H3;1-5H,(H,8,9). The van der Waals surface area contributed by atoms with Gasteiger partial charge in [-0.25, -0.2) is 9.59 Å². The maximum Gasteiger partial charge on any atom is 0.416 e. The summed E-state index contributed by atoms with van der Waals surface area (Å²) in [4.78, 5) is 22.5. The quantitative estimate of drug-likeness (QED) is 0.443. The molecule has 6 nitrogen and oxygen atoms in total. The minimum Gasteiger partial charge on any atom is -0.504 e. The second kappa shape index (κ2) is 12.3. The third kappa shape index (κ3) is 9.33. The number of unbranched alkanes of at least 4 members (excludes halogenated alkanes) is 1. The Labute approximate surface area is 197 Å². The smallest absolute Gasteiger partial charge is 0.416 e. The molecule has 0 amide bonds. The Balaban J connectivity index is 0.000000533. The van der Waals surface area contributed by atoms with E-state index in [0.29, 0.717) is 18.4 Å². The van der Waals surface area contributed by atoms with Crippen LogP contribution in [0, 0.1) is 6.92 Å². The number of phenols is 1. The number of carboxylic acids is 1. The van der Waals surface area contributed by atoms with Crippen molar-refractivity contribution in [2.45, 2.75) is 71.8 Å². The van der Waals surface area contributed by atoms with Crippen LogP contribution in [0.5, 0.6) is 11.5 Å². The maximum absolute atomic E-state index is 12.9. The molecule has 1 unspecified atom stereocenters. The second-order valence-corrected chi connectivity index (χ2v) is 8.54. The molecule has 2 aromatic carbocycles. The van der Waals surface area contributed by atoms with Crippen LogP contribution >= 0.6 is 0 Å². The van der Waals surface area contributed by atoms with E-state index < -0.39 is 41.1 Å². The van der Waals surface area contributed by atoms with Gasteiger partial charge >= 0.3 is 18.1 Å². The van der Waals surface area contributed by atoms with E-state index >= 15 is 0 Å². The number of hydrogen-bond acceptors (Lipinski definition) is 5. The molecular weight excluding hydrogens is 453 g/mol. The van der Waals surface area contributed by atoms with E-state index in [0.717, 1.165) is 25.5 Å². The summed E-state index contributed by atoms with van der Waals surface area (Å²) in [5.41, 5.74) is -1.68. The van der Waals surface area contributed by atoms with Gasteiger partial charge in [-0.05, 0) is 64.8 Å². The lowest BCUT2D eigenvalue weighted by Gasteiger charge is -2.25. The molecule has 1 atom stereocenters. The number of ether oxygens (including phenoxy) is 2. The highest BCUT2D eigenvalue weighted by Crippen LogP contribution is 2.40. The Bertz CT molecular complexity index is 950. The van der Waals surface area contributed by atoms with Crippen LogP contribution in [-0.4, -0.2) is 33.9 Å². The predicted molar refractivity (Wildman–Crippen MR) is 121 cm³/mol. The Morgan fingerprint density at radius 3 is 2.06 bits per heavy atom. The molecule has 0 aliphatic heterocycles. The number of carboxylic acid groups (broad SMARTS) is 1. The zero-order valence-electron chi connectivity index (χ0n) is 19.9. The lowest BCUT2D eigenvalue weighted by molar-refractivity contribution is -0.163. The van der Waals surface area contributed by atoms with Crippen LogP contribution in [0.2, 0.25) is 0 Å². The van der Waals surface area contributed by atoms with E-state index in [2.05, 4.69) is 0 Å². The summed E-state index contributed by atoms with van der Waals surface area (Å²) in [6.45, 7) is 8.22. The van der Waals surface area contributed by atoms with Gasteiger partial charge in [0.15, 0.2) is 17.6 Å². The minimum atomic E-state index is -4.58. The zero-order valence-corrected chi connectivity index (χ0v) is 19.9. The average Bonchev–Trinajstić information content (AvgIpc) is 2.73. The summed E-state index contributed by atoms with van der Waals surface area (Å²) < 4.78 is 49.4.